The molecule has 3 unspecified atom stereocenters. The van der Waals surface area contributed by atoms with Gasteiger partial charge in [0, 0.05) is 60.3 Å². The van der Waals surface area contributed by atoms with Gasteiger partial charge >= 0.3 is 0 Å². The van der Waals surface area contributed by atoms with Crippen LogP contribution in [0.4, 0.5) is 0 Å². The first-order valence-corrected chi connectivity index (χ1v) is 19.6. The van der Waals surface area contributed by atoms with Crippen molar-refractivity contribution in [1.29, 1.82) is 0 Å². The first kappa shape index (κ1) is 39.8. The SMILES string of the molecule is CC1(O)CCOc2ccc(Br)cc21.CC1(O)CCOc2ccc(Br)cc21.CC1(O)CCOc2ccc(Br)cc21.O=C1CCOc2ccc(Br)cc21. The summed E-state index contributed by atoms with van der Waals surface area (Å²) < 4.78 is 25.4. The number of halogens is 4. The lowest BCUT2D eigenvalue weighted by Gasteiger charge is -2.31. The van der Waals surface area contributed by atoms with E-state index in [1.54, 1.807) is 6.07 Å². The Morgan fingerprint density at radius 3 is 1.18 bits per heavy atom. The number of carbonyl (C=O) groups excluding carboxylic acids is 1. The quantitative estimate of drug-likeness (QED) is 0.160. The first-order chi connectivity index (χ1) is 24.1. The summed E-state index contributed by atoms with van der Waals surface area (Å²) in [4.78, 5) is 11.3. The summed E-state index contributed by atoms with van der Waals surface area (Å²) in [6.07, 6.45) is 2.44. The van der Waals surface area contributed by atoms with Gasteiger partial charge < -0.3 is 34.3 Å². The zero-order valence-corrected chi connectivity index (χ0v) is 34.8. The Hall–Kier alpha value is -2.45. The molecule has 4 aliphatic rings. The normalized spacial score (nSPS) is 23.8. The van der Waals surface area contributed by atoms with Crippen LogP contribution >= 0.6 is 63.7 Å². The number of hydrogen-bond acceptors (Lipinski definition) is 8. The van der Waals surface area contributed by atoms with E-state index in [1.165, 1.54) is 0 Å². The largest absolute Gasteiger partial charge is 0.493 e. The monoisotopic (exact) mass is 952 g/mol. The van der Waals surface area contributed by atoms with Crippen molar-refractivity contribution in [2.24, 2.45) is 0 Å². The number of rotatable bonds is 0. The van der Waals surface area contributed by atoms with E-state index in [9.17, 15) is 20.1 Å². The van der Waals surface area contributed by atoms with Crippen LogP contribution in [-0.2, 0) is 16.8 Å². The second-order valence-electron chi connectivity index (χ2n) is 13.2. The molecule has 0 amide bonds. The van der Waals surface area contributed by atoms with Gasteiger partial charge in [0.15, 0.2) is 5.78 Å². The minimum atomic E-state index is -0.753. The summed E-state index contributed by atoms with van der Waals surface area (Å²) in [6, 6.07) is 22.6. The molecule has 8 nitrogen and oxygen atoms in total. The number of fused-ring (bicyclic) bond motifs is 4. The Bertz CT molecular complexity index is 1710. The van der Waals surface area contributed by atoms with Crippen LogP contribution in [0, 0.1) is 0 Å². The summed E-state index contributed by atoms with van der Waals surface area (Å²) in [5.41, 5.74) is 1.04. The van der Waals surface area contributed by atoms with Gasteiger partial charge in [-0.2, -0.15) is 0 Å². The molecule has 4 aliphatic heterocycles. The fourth-order valence-corrected chi connectivity index (χ4v) is 7.31. The molecule has 51 heavy (non-hydrogen) atoms. The lowest BCUT2D eigenvalue weighted by atomic mass is 9.90. The van der Waals surface area contributed by atoms with Crippen molar-refractivity contribution in [1.82, 2.24) is 0 Å². The number of aliphatic hydroxyl groups is 3. The number of Topliss-reactive ketones (excluding diaryl/α,β-unsaturated/α-hetero) is 1. The summed E-state index contributed by atoms with van der Waals surface area (Å²) in [5.74, 6) is 3.24. The van der Waals surface area contributed by atoms with E-state index in [0.717, 1.165) is 51.8 Å². The Morgan fingerprint density at radius 1 is 0.490 bits per heavy atom. The van der Waals surface area contributed by atoms with Crippen LogP contribution in [0.15, 0.2) is 90.7 Å². The fourth-order valence-electron chi connectivity index (χ4n) is 5.86. The van der Waals surface area contributed by atoms with Gasteiger partial charge in [-0.1, -0.05) is 63.7 Å². The highest BCUT2D eigenvalue weighted by atomic mass is 79.9. The van der Waals surface area contributed by atoms with Crippen LogP contribution in [0.5, 0.6) is 23.0 Å². The van der Waals surface area contributed by atoms with Crippen LogP contribution < -0.4 is 18.9 Å². The molecule has 3 N–H and O–H groups in total. The fraction of sp³-hybridized carbons (Fsp3) is 0.359. The zero-order chi connectivity index (χ0) is 37.0. The highest BCUT2D eigenvalue weighted by molar-refractivity contribution is 9.11. The average Bonchev–Trinajstić information content (AvgIpc) is 3.07. The van der Waals surface area contributed by atoms with Gasteiger partial charge in [0.25, 0.3) is 0 Å². The molecule has 0 saturated heterocycles. The molecule has 4 aromatic rings. The summed E-state index contributed by atoms with van der Waals surface area (Å²) in [5, 5.41) is 30.2. The number of ether oxygens (including phenoxy) is 4. The smallest absolute Gasteiger partial charge is 0.170 e. The van der Waals surface area contributed by atoms with E-state index in [4.69, 9.17) is 18.9 Å². The standard InChI is InChI=1S/3C10H11BrO2.C9H7BrO2/c3*1-10(12)4-5-13-9-3-2-7(11)6-8(9)10;10-6-1-2-9-7(5-6)8(11)3-4-12-9/h3*2-3,6,12H,4-5H2,1H3;1-2,5H,3-4H2. The number of hydrogen-bond donors (Lipinski definition) is 3. The highest BCUT2D eigenvalue weighted by Gasteiger charge is 2.32. The van der Waals surface area contributed by atoms with E-state index in [0.29, 0.717) is 63.4 Å². The van der Waals surface area contributed by atoms with Gasteiger partial charge in [-0.25, -0.2) is 0 Å². The second kappa shape index (κ2) is 16.7. The summed E-state index contributed by atoms with van der Waals surface area (Å²) >= 11 is 13.4. The molecule has 272 valence electrons. The minimum Gasteiger partial charge on any atom is -0.493 e. The van der Waals surface area contributed by atoms with Crippen molar-refractivity contribution >= 4 is 69.5 Å². The molecule has 0 radical (unpaired) electrons. The maximum atomic E-state index is 11.3. The summed E-state index contributed by atoms with van der Waals surface area (Å²) in [6.45, 7) is 7.72. The van der Waals surface area contributed by atoms with Gasteiger partial charge in [-0.15, -0.1) is 0 Å². The van der Waals surface area contributed by atoms with Crippen LogP contribution in [0.1, 0.15) is 73.5 Å². The lowest BCUT2D eigenvalue weighted by molar-refractivity contribution is 0.0140. The van der Waals surface area contributed by atoms with Gasteiger partial charge in [-0.05, 0) is 93.6 Å². The predicted octanol–water partition coefficient (Wildman–Crippen LogP) is 9.73. The van der Waals surface area contributed by atoms with Crippen molar-refractivity contribution in [2.75, 3.05) is 26.4 Å². The third-order valence-electron chi connectivity index (χ3n) is 8.93. The number of ketones is 1. The van der Waals surface area contributed by atoms with Gasteiger partial charge in [0.2, 0.25) is 0 Å². The van der Waals surface area contributed by atoms with Crippen LogP contribution in [0.3, 0.4) is 0 Å². The maximum Gasteiger partial charge on any atom is 0.170 e. The molecule has 0 aromatic heterocycles. The van der Waals surface area contributed by atoms with Crippen molar-refractivity contribution in [3.63, 3.8) is 0 Å². The molecule has 4 aromatic carbocycles. The van der Waals surface area contributed by atoms with Crippen molar-refractivity contribution in [3.05, 3.63) is 113 Å². The second-order valence-corrected chi connectivity index (χ2v) is 16.9. The molecule has 0 bridgehead atoms. The highest BCUT2D eigenvalue weighted by Crippen LogP contribution is 2.40. The summed E-state index contributed by atoms with van der Waals surface area (Å²) in [7, 11) is 0. The van der Waals surface area contributed by atoms with Crippen LogP contribution in [0.2, 0.25) is 0 Å². The van der Waals surface area contributed by atoms with Gasteiger partial charge in [0.1, 0.15) is 23.0 Å². The van der Waals surface area contributed by atoms with Crippen LogP contribution in [-0.4, -0.2) is 47.5 Å². The lowest BCUT2D eigenvalue weighted by Crippen LogP contribution is -2.29. The molecular weight excluding hydrogens is 916 g/mol. The molecule has 12 heteroatoms. The third-order valence-corrected chi connectivity index (χ3v) is 10.9. The molecule has 4 heterocycles. The van der Waals surface area contributed by atoms with Crippen molar-refractivity contribution in [3.8, 4) is 23.0 Å². The average molecular weight is 956 g/mol. The van der Waals surface area contributed by atoms with Crippen molar-refractivity contribution < 1.29 is 39.1 Å². The molecule has 0 saturated carbocycles. The molecule has 0 fully saturated rings. The Balaban J connectivity index is 0.000000132. The van der Waals surface area contributed by atoms with E-state index in [-0.39, 0.29) is 5.78 Å². The Kier molecular flexibility index (Phi) is 13.0. The molecule has 3 atom stereocenters. The first-order valence-electron chi connectivity index (χ1n) is 16.5. The molecule has 8 rings (SSSR count). The molecule has 0 spiro atoms. The number of carbonyl (C=O) groups is 1. The zero-order valence-electron chi connectivity index (χ0n) is 28.5. The van der Waals surface area contributed by atoms with E-state index < -0.39 is 16.8 Å². The molecular formula is C39H40Br4O8. The van der Waals surface area contributed by atoms with E-state index in [1.807, 2.05) is 87.5 Å². The van der Waals surface area contributed by atoms with E-state index >= 15 is 0 Å². The van der Waals surface area contributed by atoms with Crippen LogP contribution in [0.25, 0.3) is 0 Å². The number of benzene rings is 4. The van der Waals surface area contributed by atoms with Crippen molar-refractivity contribution in [2.45, 2.75) is 63.3 Å². The topological polar surface area (TPSA) is 115 Å². The van der Waals surface area contributed by atoms with Gasteiger partial charge in [-0.3, -0.25) is 4.79 Å². The maximum absolute atomic E-state index is 11.3. The Labute approximate surface area is 332 Å². The predicted molar refractivity (Wildman–Crippen MR) is 210 cm³/mol. The van der Waals surface area contributed by atoms with Gasteiger partial charge in [0.05, 0.1) is 48.8 Å². The Morgan fingerprint density at radius 2 is 0.804 bits per heavy atom. The minimum absolute atomic E-state index is 0.164. The third kappa shape index (κ3) is 10.2. The molecule has 0 aliphatic carbocycles. The van der Waals surface area contributed by atoms with E-state index in [2.05, 4.69) is 63.7 Å².